The van der Waals surface area contributed by atoms with E-state index in [0.29, 0.717) is 11.8 Å². The maximum Gasteiger partial charge on any atom is 0.311 e. The molecule has 5 fully saturated rings. The van der Waals surface area contributed by atoms with E-state index in [0.717, 1.165) is 25.7 Å². The van der Waals surface area contributed by atoms with Gasteiger partial charge < -0.3 is 9.47 Å². The lowest BCUT2D eigenvalue weighted by atomic mass is 9.58. The molecule has 4 heterocycles. The number of carbonyl (C=O) groups is 1. The summed E-state index contributed by atoms with van der Waals surface area (Å²) in [6, 6.07) is 0. The van der Waals surface area contributed by atoms with Crippen molar-refractivity contribution in [1.82, 2.24) is 0 Å². The Bertz CT molecular complexity index is 452. The highest BCUT2D eigenvalue weighted by molar-refractivity contribution is 5.74. The van der Waals surface area contributed by atoms with Gasteiger partial charge in [-0.05, 0) is 32.1 Å². The molecule has 5 heteroatoms. The van der Waals surface area contributed by atoms with Gasteiger partial charge in [-0.3, -0.25) is 4.79 Å². The molecule has 0 aromatic carbocycles. The minimum absolute atomic E-state index is 0.123. The lowest BCUT2D eigenvalue weighted by molar-refractivity contribution is -0.559. The van der Waals surface area contributed by atoms with Gasteiger partial charge in [-0.1, -0.05) is 13.8 Å². The van der Waals surface area contributed by atoms with Crippen molar-refractivity contribution in [2.75, 3.05) is 0 Å². The maximum atomic E-state index is 12.1. The monoisotopic (exact) mass is 282 g/mol. The van der Waals surface area contributed by atoms with Crippen LogP contribution in [0.5, 0.6) is 0 Å². The Kier molecular flexibility index (Phi) is 2.58. The molecule has 0 N–H and O–H groups in total. The molecular formula is C15H22O5. The fourth-order valence-corrected chi connectivity index (χ4v) is 4.76. The van der Waals surface area contributed by atoms with Crippen molar-refractivity contribution in [1.29, 1.82) is 0 Å². The fourth-order valence-electron chi connectivity index (χ4n) is 4.76. The Morgan fingerprint density at radius 3 is 2.70 bits per heavy atom. The minimum atomic E-state index is -0.793. The predicted octanol–water partition coefficient (Wildman–Crippen LogP) is 2.39. The number of esters is 1. The summed E-state index contributed by atoms with van der Waals surface area (Å²) in [4.78, 5) is 23.7. The predicted molar refractivity (Wildman–Crippen MR) is 68.0 cm³/mol. The van der Waals surface area contributed by atoms with Crippen molar-refractivity contribution in [2.24, 2.45) is 23.7 Å². The number of hydrogen-bond donors (Lipinski definition) is 0. The van der Waals surface area contributed by atoms with Crippen LogP contribution in [0, 0.1) is 23.7 Å². The summed E-state index contributed by atoms with van der Waals surface area (Å²) >= 11 is 0. The normalized spacial score (nSPS) is 57.8. The molecule has 5 rings (SSSR count). The molecule has 112 valence electrons. The zero-order valence-electron chi connectivity index (χ0n) is 12.3. The second-order valence-corrected chi connectivity index (χ2v) is 7.14. The summed E-state index contributed by atoms with van der Waals surface area (Å²) in [5, 5.41) is 0. The Hall–Kier alpha value is -0.650. The third-order valence-electron chi connectivity index (χ3n) is 5.97. The molecule has 7 atom stereocenters. The summed E-state index contributed by atoms with van der Waals surface area (Å²) in [5.41, 5.74) is -0.610. The van der Waals surface area contributed by atoms with Crippen LogP contribution in [0.15, 0.2) is 0 Å². The van der Waals surface area contributed by atoms with Gasteiger partial charge >= 0.3 is 5.97 Å². The molecule has 4 unspecified atom stereocenters. The van der Waals surface area contributed by atoms with E-state index in [9.17, 15) is 4.79 Å². The highest BCUT2D eigenvalue weighted by Gasteiger charge is 2.69. The Balaban J connectivity index is 1.84. The average molecular weight is 282 g/mol. The number of hydrogen-bond acceptors (Lipinski definition) is 5. The van der Waals surface area contributed by atoms with Gasteiger partial charge in [-0.15, -0.1) is 0 Å². The van der Waals surface area contributed by atoms with Gasteiger partial charge in [0.2, 0.25) is 12.1 Å². The van der Waals surface area contributed by atoms with Gasteiger partial charge in [0.05, 0.1) is 5.92 Å². The molecule has 0 amide bonds. The largest absolute Gasteiger partial charge is 0.432 e. The smallest absolute Gasteiger partial charge is 0.311 e. The van der Waals surface area contributed by atoms with Gasteiger partial charge in [0, 0.05) is 18.3 Å². The van der Waals surface area contributed by atoms with Crippen LogP contribution in [0.2, 0.25) is 0 Å². The molecule has 2 bridgehead atoms. The van der Waals surface area contributed by atoms with E-state index in [1.807, 2.05) is 13.8 Å². The summed E-state index contributed by atoms with van der Waals surface area (Å²) in [6.07, 6.45) is 3.24. The molecule has 4 aliphatic heterocycles. The molecule has 1 aliphatic carbocycles. The van der Waals surface area contributed by atoms with Crippen LogP contribution in [-0.2, 0) is 24.0 Å². The van der Waals surface area contributed by atoms with Crippen LogP contribution in [0.25, 0.3) is 0 Å². The Morgan fingerprint density at radius 2 is 1.90 bits per heavy atom. The van der Waals surface area contributed by atoms with Crippen molar-refractivity contribution in [3.63, 3.8) is 0 Å². The maximum absolute atomic E-state index is 12.1. The zero-order valence-corrected chi connectivity index (χ0v) is 12.3. The standard InChI is InChI=1S/C15H22O5/c1-8-4-5-11-9(2)12(16)17-13-15(11)10(8)6-7-14(3,18-13)19-20-15/h8-11,13H,4-7H2,1-3H3/t8?,9?,10-,11?,13?,14-,15-/m0/s1. The first-order chi connectivity index (χ1) is 9.46. The molecule has 5 aliphatic rings. The van der Waals surface area contributed by atoms with Crippen molar-refractivity contribution in [2.45, 2.75) is 64.1 Å². The highest BCUT2D eigenvalue weighted by Crippen LogP contribution is 2.59. The van der Waals surface area contributed by atoms with Crippen molar-refractivity contribution in [3.8, 4) is 0 Å². The van der Waals surface area contributed by atoms with Gasteiger partial charge in [-0.2, -0.15) is 0 Å². The number of rotatable bonds is 0. The third-order valence-corrected chi connectivity index (χ3v) is 5.97. The Labute approximate surface area is 118 Å². The SMILES string of the molecule is CC1C(=O)OC2O[C@]3(C)CC[C@H]4C(C)CCC1[C@]24OO3. The van der Waals surface area contributed by atoms with Crippen LogP contribution in [0.4, 0.5) is 0 Å². The zero-order chi connectivity index (χ0) is 14.1. The number of carbonyl (C=O) groups excluding carboxylic acids is 1. The van der Waals surface area contributed by atoms with Crippen molar-refractivity contribution >= 4 is 5.97 Å². The fraction of sp³-hybridized carbons (Fsp3) is 0.933. The van der Waals surface area contributed by atoms with E-state index in [4.69, 9.17) is 19.2 Å². The van der Waals surface area contributed by atoms with E-state index < -0.39 is 17.7 Å². The molecule has 1 spiro atoms. The summed E-state index contributed by atoms with van der Waals surface area (Å²) in [5.74, 6) is -0.137. The highest BCUT2D eigenvalue weighted by atomic mass is 17.3. The van der Waals surface area contributed by atoms with E-state index >= 15 is 0 Å². The topological polar surface area (TPSA) is 54.0 Å². The van der Waals surface area contributed by atoms with Crippen LogP contribution in [0.1, 0.15) is 46.5 Å². The van der Waals surface area contributed by atoms with Crippen LogP contribution in [0.3, 0.4) is 0 Å². The molecule has 0 aromatic rings. The molecule has 20 heavy (non-hydrogen) atoms. The van der Waals surface area contributed by atoms with Crippen molar-refractivity contribution < 1.29 is 24.0 Å². The first-order valence-corrected chi connectivity index (χ1v) is 7.71. The van der Waals surface area contributed by atoms with Gasteiger partial charge in [-0.25, -0.2) is 9.78 Å². The average Bonchev–Trinajstić information content (AvgIpc) is 2.63. The van der Waals surface area contributed by atoms with E-state index in [1.54, 1.807) is 0 Å². The Morgan fingerprint density at radius 1 is 1.10 bits per heavy atom. The lowest BCUT2D eigenvalue weighted by Crippen LogP contribution is -2.69. The van der Waals surface area contributed by atoms with Crippen LogP contribution < -0.4 is 0 Å². The third kappa shape index (κ3) is 1.46. The summed E-state index contributed by atoms with van der Waals surface area (Å²) in [7, 11) is 0. The number of fused-ring (bicyclic) bond motifs is 2. The second-order valence-electron chi connectivity index (χ2n) is 7.14. The molecule has 0 radical (unpaired) electrons. The molecule has 0 aromatic heterocycles. The van der Waals surface area contributed by atoms with E-state index in [-0.39, 0.29) is 17.8 Å². The molecule has 1 saturated carbocycles. The van der Waals surface area contributed by atoms with Gasteiger partial charge in [0.15, 0.2) is 5.60 Å². The second kappa shape index (κ2) is 3.96. The molecular weight excluding hydrogens is 260 g/mol. The minimum Gasteiger partial charge on any atom is -0.432 e. The van der Waals surface area contributed by atoms with Gasteiger partial charge in [0.25, 0.3) is 0 Å². The molecule has 5 nitrogen and oxygen atoms in total. The van der Waals surface area contributed by atoms with Crippen LogP contribution in [-0.4, -0.2) is 23.6 Å². The van der Waals surface area contributed by atoms with E-state index in [2.05, 4.69) is 6.92 Å². The first kappa shape index (κ1) is 13.0. The van der Waals surface area contributed by atoms with Crippen molar-refractivity contribution in [3.05, 3.63) is 0 Å². The molecule has 4 saturated heterocycles. The van der Waals surface area contributed by atoms with Crippen LogP contribution >= 0.6 is 0 Å². The first-order valence-electron chi connectivity index (χ1n) is 7.71. The quantitative estimate of drug-likeness (QED) is 0.504. The number of ether oxygens (including phenoxy) is 2. The van der Waals surface area contributed by atoms with Gasteiger partial charge in [0.1, 0.15) is 0 Å². The summed E-state index contributed by atoms with van der Waals surface area (Å²) < 4.78 is 11.6. The summed E-state index contributed by atoms with van der Waals surface area (Å²) in [6.45, 7) is 6.06. The van der Waals surface area contributed by atoms with E-state index in [1.165, 1.54) is 0 Å². The lowest BCUT2D eigenvalue weighted by Gasteiger charge is -2.57.